The van der Waals surface area contributed by atoms with Gasteiger partial charge in [-0.15, -0.1) is 0 Å². The van der Waals surface area contributed by atoms with E-state index in [0.717, 1.165) is 15.4 Å². The Kier molecular flexibility index (Phi) is 2.43. The van der Waals surface area contributed by atoms with E-state index in [0.29, 0.717) is 5.69 Å². The van der Waals surface area contributed by atoms with Crippen molar-refractivity contribution in [2.75, 3.05) is 0 Å². The molecule has 2 nitrogen and oxygen atoms in total. The van der Waals surface area contributed by atoms with Crippen LogP contribution in [0.2, 0.25) is 0 Å². The summed E-state index contributed by atoms with van der Waals surface area (Å²) in [5.74, 6) is 0.0510. The average Bonchev–Trinajstić information content (AvgIpc) is 2.51. The number of nitrogens with one attached hydrogen (secondary N) is 1. The maximum atomic E-state index is 11.4. The number of hydrogen-bond donors (Lipinski definition) is 1. The minimum Gasteiger partial charge on any atom is -0.351 e. The van der Waals surface area contributed by atoms with Crippen LogP contribution in [0.5, 0.6) is 0 Å². The number of benzene rings is 1. The van der Waals surface area contributed by atoms with Crippen LogP contribution in [0, 0.1) is 13.8 Å². The molecular weight excluding hydrogens is 254 g/mol. The molecule has 0 aliphatic carbocycles. The summed E-state index contributed by atoms with van der Waals surface area (Å²) in [7, 11) is 0. The number of aromatic nitrogens is 1. The van der Waals surface area contributed by atoms with Gasteiger partial charge in [0.25, 0.3) is 0 Å². The van der Waals surface area contributed by atoms with Crippen molar-refractivity contribution in [3.63, 3.8) is 0 Å². The third kappa shape index (κ3) is 1.51. The minimum atomic E-state index is 0.0510. The fraction of sp³-hybridized carbons (Fsp3) is 0.250. The summed E-state index contributed by atoms with van der Waals surface area (Å²) in [5.41, 5.74) is 4.12. The SMILES string of the molecule is CC(=O)c1[nH]c2c(C)c(C)ccc2c1Br. The van der Waals surface area contributed by atoms with Crippen molar-refractivity contribution in [1.29, 1.82) is 0 Å². The van der Waals surface area contributed by atoms with Gasteiger partial charge >= 0.3 is 0 Å². The van der Waals surface area contributed by atoms with Crippen molar-refractivity contribution in [3.05, 3.63) is 33.4 Å². The van der Waals surface area contributed by atoms with Gasteiger partial charge in [-0.1, -0.05) is 12.1 Å². The molecule has 0 atom stereocenters. The Labute approximate surface area is 96.8 Å². The van der Waals surface area contributed by atoms with Crippen molar-refractivity contribution < 1.29 is 4.79 Å². The molecule has 0 radical (unpaired) electrons. The molecule has 0 bridgehead atoms. The van der Waals surface area contributed by atoms with Crippen LogP contribution < -0.4 is 0 Å². The monoisotopic (exact) mass is 265 g/mol. The highest BCUT2D eigenvalue weighted by molar-refractivity contribution is 9.10. The first-order valence-electron chi connectivity index (χ1n) is 4.80. The molecule has 1 aromatic carbocycles. The summed E-state index contributed by atoms with van der Waals surface area (Å²) in [6, 6.07) is 4.10. The van der Waals surface area contributed by atoms with Gasteiger partial charge in [0.2, 0.25) is 0 Å². The maximum Gasteiger partial charge on any atom is 0.177 e. The molecule has 0 fully saturated rings. The van der Waals surface area contributed by atoms with Gasteiger partial charge in [0.1, 0.15) is 0 Å². The average molecular weight is 266 g/mol. The number of H-pyrrole nitrogens is 1. The van der Waals surface area contributed by atoms with Crippen LogP contribution >= 0.6 is 15.9 Å². The van der Waals surface area contributed by atoms with Crippen molar-refractivity contribution >= 4 is 32.6 Å². The van der Waals surface area contributed by atoms with Crippen molar-refractivity contribution in [2.45, 2.75) is 20.8 Å². The Morgan fingerprint density at radius 2 is 2.00 bits per heavy atom. The van der Waals surface area contributed by atoms with Crippen molar-refractivity contribution in [3.8, 4) is 0 Å². The molecule has 0 unspecified atom stereocenters. The van der Waals surface area contributed by atoms with Gasteiger partial charge in [-0.2, -0.15) is 0 Å². The van der Waals surface area contributed by atoms with E-state index in [-0.39, 0.29) is 5.78 Å². The lowest BCUT2D eigenvalue weighted by Crippen LogP contribution is -1.92. The maximum absolute atomic E-state index is 11.4. The molecular formula is C12H12BrNO. The third-order valence-corrected chi connectivity index (χ3v) is 3.62. The number of ketones is 1. The van der Waals surface area contributed by atoms with E-state index in [9.17, 15) is 4.79 Å². The molecule has 0 amide bonds. The normalized spacial score (nSPS) is 10.9. The predicted molar refractivity (Wildman–Crippen MR) is 65.5 cm³/mol. The van der Waals surface area contributed by atoms with Gasteiger partial charge in [0.05, 0.1) is 15.7 Å². The zero-order valence-corrected chi connectivity index (χ0v) is 10.5. The molecule has 2 aromatic rings. The van der Waals surface area contributed by atoms with E-state index < -0.39 is 0 Å². The smallest absolute Gasteiger partial charge is 0.177 e. The summed E-state index contributed by atoms with van der Waals surface area (Å²) in [5, 5.41) is 1.07. The Bertz CT molecular complexity index is 554. The van der Waals surface area contributed by atoms with Crippen LogP contribution in [0.15, 0.2) is 16.6 Å². The van der Waals surface area contributed by atoms with Crippen LogP contribution in [-0.4, -0.2) is 10.8 Å². The molecule has 15 heavy (non-hydrogen) atoms. The molecule has 0 aliphatic rings. The summed E-state index contributed by atoms with van der Waals surface area (Å²) >= 11 is 3.46. The molecule has 0 saturated carbocycles. The summed E-state index contributed by atoms with van der Waals surface area (Å²) < 4.78 is 0.869. The second-order valence-electron chi connectivity index (χ2n) is 3.80. The standard InChI is InChI=1S/C12H12BrNO/c1-6-4-5-9-10(13)12(8(3)15)14-11(9)7(6)2/h4-5,14H,1-3H3. The van der Waals surface area contributed by atoms with Gasteiger partial charge in [-0.05, 0) is 40.9 Å². The summed E-state index contributed by atoms with van der Waals surface area (Å²) in [4.78, 5) is 14.5. The third-order valence-electron chi connectivity index (χ3n) is 2.79. The number of hydrogen-bond acceptors (Lipinski definition) is 1. The molecule has 1 N–H and O–H groups in total. The Hall–Kier alpha value is -1.09. The van der Waals surface area contributed by atoms with E-state index in [1.807, 2.05) is 6.07 Å². The number of halogens is 1. The highest BCUT2D eigenvalue weighted by Gasteiger charge is 2.14. The lowest BCUT2D eigenvalue weighted by Gasteiger charge is -2.00. The van der Waals surface area contributed by atoms with Crippen molar-refractivity contribution in [2.24, 2.45) is 0 Å². The predicted octanol–water partition coefficient (Wildman–Crippen LogP) is 3.75. The molecule has 3 heteroatoms. The lowest BCUT2D eigenvalue weighted by atomic mass is 10.1. The molecule has 1 heterocycles. The number of carbonyl (C=O) groups is 1. The van der Waals surface area contributed by atoms with Crippen LogP contribution in [0.3, 0.4) is 0 Å². The first-order chi connectivity index (χ1) is 7.02. The molecule has 0 saturated heterocycles. The Morgan fingerprint density at radius 1 is 1.33 bits per heavy atom. The van der Waals surface area contributed by atoms with Crippen LogP contribution in [0.4, 0.5) is 0 Å². The topological polar surface area (TPSA) is 32.9 Å². The first kappa shape index (κ1) is 10.4. The van der Waals surface area contributed by atoms with Gasteiger partial charge in [0.15, 0.2) is 5.78 Å². The fourth-order valence-corrected chi connectivity index (χ4v) is 2.43. The number of carbonyl (C=O) groups excluding carboxylic acids is 1. The van der Waals surface area contributed by atoms with Crippen molar-refractivity contribution in [1.82, 2.24) is 4.98 Å². The number of rotatable bonds is 1. The summed E-state index contributed by atoms with van der Waals surface area (Å²) in [6.45, 7) is 5.69. The van der Waals surface area contributed by atoms with Gasteiger partial charge in [-0.3, -0.25) is 4.79 Å². The molecule has 2 rings (SSSR count). The lowest BCUT2D eigenvalue weighted by molar-refractivity contribution is 0.101. The Balaban J connectivity index is 2.88. The zero-order valence-electron chi connectivity index (χ0n) is 8.94. The summed E-state index contributed by atoms with van der Waals surface area (Å²) in [6.07, 6.45) is 0. The van der Waals surface area contributed by atoms with Gasteiger partial charge < -0.3 is 4.98 Å². The second-order valence-corrected chi connectivity index (χ2v) is 4.59. The zero-order chi connectivity index (χ0) is 11.2. The number of aromatic amines is 1. The number of fused-ring (bicyclic) bond motifs is 1. The molecule has 78 valence electrons. The first-order valence-corrected chi connectivity index (χ1v) is 5.60. The minimum absolute atomic E-state index is 0.0510. The second kappa shape index (κ2) is 3.49. The number of aryl methyl sites for hydroxylation is 2. The van der Waals surface area contributed by atoms with E-state index in [4.69, 9.17) is 0 Å². The van der Waals surface area contributed by atoms with E-state index in [2.05, 4.69) is 40.8 Å². The van der Waals surface area contributed by atoms with Crippen LogP contribution in [-0.2, 0) is 0 Å². The highest BCUT2D eigenvalue weighted by Crippen LogP contribution is 2.31. The van der Waals surface area contributed by atoms with Crippen LogP contribution in [0.1, 0.15) is 28.5 Å². The number of Topliss-reactive ketones (excluding diaryl/α,β-unsaturated/α-hetero) is 1. The van der Waals surface area contributed by atoms with Crippen LogP contribution in [0.25, 0.3) is 10.9 Å². The fourth-order valence-electron chi connectivity index (χ4n) is 1.72. The molecule has 1 aromatic heterocycles. The molecule has 0 spiro atoms. The van der Waals surface area contributed by atoms with E-state index >= 15 is 0 Å². The van der Waals surface area contributed by atoms with E-state index in [1.54, 1.807) is 6.92 Å². The Morgan fingerprint density at radius 3 is 2.60 bits per heavy atom. The molecule has 0 aliphatic heterocycles. The highest BCUT2D eigenvalue weighted by atomic mass is 79.9. The quantitative estimate of drug-likeness (QED) is 0.783. The van der Waals surface area contributed by atoms with Gasteiger partial charge in [-0.25, -0.2) is 0 Å². The van der Waals surface area contributed by atoms with E-state index in [1.165, 1.54) is 11.1 Å². The van der Waals surface area contributed by atoms with Gasteiger partial charge in [0, 0.05) is 12.3 Å². The largest absolute Gasteiger partial charge is 0.351 e.